The summed E-state index contributed by atoms with van der Waals surface area (Å²) in [6.45, 7) is -0.247. The van der Waals surface area contributed by atoms with Crippen molar-refractivity contribution in [3.05, 3.63) is 42.6 Å². The van der Waals surface area contributed by atoms with Crippen LogP contribution in [-0.4, -0.2) is 36.7 Å². The summed E-state index contributed by atoms with van der Waals surface area (Å²) in [4.78, 5) is 20.3. The third-order valence-electron chi connectivity index (χ3n) is 3.74. The van der Waals surface area contributed by atoms with E-state index in [1.54, 1.807) is 32.5 Å². The Labute approximate surface area is 149 Å². The highest BCUT2D eigenvalue weighted by Crippen LogP contribution is 2.34. The van der Waals surface area contributed by atoms with Gasteiger partial charge in [-0.2, -0.15) is 0 Å². The molecule has 8 heteroatoms. The molecule has 0 fully saturated rings. The van der Waals surface area contributed by atoms with Gasteiger partial charge in [-0.25, -0.2) is 10.8 Å². The highest BCUT2D eigenvalue weighted by molar-refractivity contribution is 5.87. The Morgan fingerprint density at radius 2 is 1.96 bits per heavy atom. The van der Waals surface area contributed by atoms with E-state index in [1.807, 2.05) is 29.7 Å². The molecule has 0 aliphatic carbocycles. The molecule has 2 heterocycles. The molecule has 0 spiro atoms. The van der Waals surface area contributed by atoms with Crippen molar-refractivity contribution in [2.45, 2.75) is 0 Å². The molecular weight excluding hydrogens is 336 g/mol. The zero-order valence-corrected chi connectivity index (χ0v) is 14.4. The molecule has 3 N–H and O–H groups in total. The number of nitrogens with two attached hydrogens (primary N) is 1. The van der Waals surface area contributed by atoms with Gasteiger partial charge < -0.3 is 14.2 Å². The number of hydrogen-bond donors (Lipinski definition) is 2. The number of carbonyl (C=O) groups excluding carboxylic acids is 1. The third-order valence-corrected chi connectivity index (χ3v) is 3.74. The monoisotopic (exact) mass is 354 g/mol. The van der Waals surface area contributed by atoms with Crippen LogP contribution in [0.3, 0.4) is 0 Å². The van der Waals surface area contributed by atoms with Gasteiger partial charge in [-0.15, -0.1) is 0 Å². The Morgan fingerprint density at radius 3 is 2.69 bits per heavy atom. The van der Waals surface area contributed by atoms with Crippen LogP contribution in [0, 0.1) is 0 Å². The number of methoxy groups -OCH3 is 2. The summed E-state index contributed by atoms with van der Waals surface area (Å²) in [6.07, 6.45) is 1.68. The molecule has 1 amide bonds. The molecule has 26 heavy (non-hydrogen) atoms. The van der Waals surface area contributed by atoms with Crippen molar-refractivity contribution in [1.82, 2.24) is 15.4 Å². The Bertz CT molecular complexity index is 946. The number of fused-ring (bicyclic) bond motifs is 1. The van der Waals surface area contributed by atoms with Crippen LogP contribution in [0.2, 0.25) is 0 Å². The van der Waals surface area contributed by atoms with E-state index in [0.717, 1.165) is 5.56 Å². The lowest BCUT2D eigenvalue weighted by Crippen LogP contribution is -2.34. The van der Waals surface area contributed by atoms with Gasteiger partial charge in [0.05, 0.1) is 30.8 Å². The number of nitrogens with zero attached hydrogens (tertiary/aromatic N) is 2. The molecule has 0 atom stereocenters. The molecule has 0 saturated heterocycles. The minimum atomic E-state index is -0.458. The van der Waals surface area contributed by atoms with E-state index in [0.29, 0.717) is 34.0 Å². The SMILES string of the molecule is COc1ccc(-c2cc3ncccc3c(OCC(=O)NN)n2)cc1OC. The molecular formula is C18H18N4O4. The van der Waals surface area contributed by atoms with Crippen molar-refractivity contribution >= 4 is 16.8 Å². The fourth-order valence-corrected chi connectivity index (χ4v) is 2.47. The number of pyridine rings is 2. The number of nitrogens with one attached hydrogen (secondary N) is 1. The Hall–Kier alpha value is -3.39. The van der Waals surface area contributed by atoms with Crippen molar-refractivity contribution in [2.75, 3.05) is 20.8 Å². The summed E-state index contributed by atoms with van der Waals surface area (Å²) in [5.74, 6) is 6.13. The molecule has 1 aromatic carbocycles. The maximum absolute atomic E-state index is 11.4. The molecule has 2 aromatic heterocycles. The second-order valence-corrected chi connectivity index (χ2v) is 5.31. The van der Waals surface area contributed by atoms with E-state index in [-0.39, 0.29) is 6.61 Å². The van der Waals surface area contributed by atoms with Gasteiger partial charge in [0.25, 0.3) is 5.91 Å². The van der Waals surface area contributed by atoms with Gasteiger partial charge in [0.2, 0.25) is 5.88 Å². The smallest absolute Gasteiger partial charge is 0.271 e. The number of ether oxygens (including phenoxy) is 3. The zero-order valence-electron chi connectivity index (χ0n) is 14.4. The summed E-state index contributed by atoms with van der Waals surface area (Å²) in [6, 6.07) is 10.9. The molecule has 0 saturated carbocycles. The van der Waals surface area contributed by atoms with E-state index >= 15 is 0 Å². The van der Waals surface area contributed by atoms with Crippen LogP contribution >= 0.6 is 0 Å². The quantitative estimate of drug-likeness (QED) is 0.394. The standard InChI is InChI=1S/C18H18N4O4/c1-24-15-6-5-11(8-16(15)25-2)13-9-14-12(4-3-7-20-14)18(21-13)26-10-17(23)22-19/h3-9H,10,19H2,1-2H3,(H,22,23). The van der Waals surface area contributed by atoms with Crippen molar-refractivity contribution in [2.24, 2.45) is 5.84 Å². The van der Waals surface area contributed by atoms with E-state index < -0.39 is 5.91 Å². The van der Waals surface area contributed by atoms with E-state index in [4.69, 9.17) is 20.1 Å². The van der Waals surface area contributed by atoms with Crippen molar-refractivity contribution in [3.63, 3.8) is 0 Å². The first-order chi connectivity index (χ1) is 12.7. The molecule has 0 aliphatic heterocycles. The van der Waals surface area contributed by atoms with Crippen LogP contribution in [0.5, 0.6) is 17.4 Å². The molecule has 0 bridgehead atoms. The first-order valence-corrected chi connectivity index (χ1v) is 7.76. The fraction of sp³-hybridized carbons (Fsp3) is 0.167. The Balaban J connectivity index is 2.07. The maximum atomic E-state index is 11.4. The number of hydrazine groups is 1. The molecule has 0 radical (unpaired) electrons. The largest absolute Gasteiger partial charge is 0.493 e. The average molecular weight is 354 g/mol. The van der Waals surface area contributed by atoms with Gasteiger partial charge in [-0.05, 0) is 36.4 Å². The summed E-state index contributed by atoms with van der Waals surface area (Å²) in [5, 5.41) is 0.696. The number of rotatable bonds is 6. The number of carbonyl (C=O) groups is 1. The van der Waals surface area contributed by atoms with Crippen molar-refractivity contribution in [1.29, 1.82) is 0 Å². The van der Waals surface area contributed by atoms with Crippen molar-refractivity contribution < 1.29 is 19.0 Å². The topological polar surface area (TPSA) is 109 Å². The highest BCUT2D eigenvalue weighted by atomic mass is 16.5. The number of amides is 1. The number of benzene rings is 1. The number of aromatic nitrogens is 2. The van der Waals surface area contributed by atoms with Crippen LogP contribution < -0.4 is 25.5 Å². The Kier molecular flexibility index (Phi) is 5.14. The second-order valence-electron chi connectivity index (χ2n) is 5.31. The van der Waals surface area contributed by atoms with Gasteiger partial charge in [0.1, 0.15) is 0 Å². The predicted molar refractivity (Wildman–Crippen MR) is 95.9 cm³/mol. The van der Waals surface area contributed by atoms with Crippen LogP contribution in [-0.2, 0) is 4.79 Å². The summed E-state index contributed by atoms with van der Waals surface area (Å²) >= 11 is 0. The first-order valence-electron chi connectivity index (χ1n) is 7.76. The van der Waals surface area contributed by atoms with Crippen LogP contribution in [0.15, 0.2) is 42.6 Å². The molecule has 8 nitrogen and oxygen atoms in total. The molecule has 3 aromatic rings. The van der Waals surface area contributed by atoms with Gasteiger partial charge in [-0.1, -0.05) is 0 Å². The zero-order chi connectivity index (χ0) is 18.5. The Morgan fingerprint density at radius 1 is 1.15 bits per heavy atom. The lowest BCUT2D eigenvalue weighted by Gasteiger charge is -2.12. The summed E-state index contributed by atoms with van der Waals surface area (Å²) < 4.78 is 16.1. The summed E-state index contributed by atoms with van der Waals surface area (Å²) in [5.41, 5.74) is 4.13. The fourth-order valence-electron chi connectivity index (χ4n) is 2.47. The molecule has 3 rings (SSSR count). The first kappa shape index (κ1) is 17.4. The van der Waals surface area contributed by atoms with Crippen molar-refractivity contribution in [3.8, 4) is 28.6 Å². The highest BCUT2D eigenvalue weighted by Gasteiger charge is 2.13. The summed E-state index contributed by atoms with van der Waals surface area (Å²) in [7, 11) is 3.14. The third kappa shape index (κ3) is 3.50. The van der Waals surface area contributed by atoms with Gasteiger partial charge in [0.15, 0.2) is 18.1 Å². The van der Waals surface area contributed by atoms with E-state index in [1.165, 1.54) is 0 Å². The van der Waals surface area contributed by atoms with Crippen LogP contribution in [0.25, 0.3) is 22.2 Å². The predicted octanol–water partition coefficient (Wildman–Crippen LogP) is 1.68. The van der Waals surface area contributed by atoms with E-state index in [9.17, 15) is 4.79 Å². The normalized spacial score (nSPS) is 10.4. The van der Waals surface area contributed by atoms with Gasteiger partial charge in [0, 0.05) is 11.8 Å². The number of hydrogen-bond acceptors (Lipinski definition) is 7. The molecule has 0 aliphatic rings. The maximum Gasteiger partial charge on any atom is 0.271 e. The minimum absolute atomic E-state index is 0.247. The van der Waals surface area contributed by atoms with Gasteiger partial charge in [-0.3, -0.25) is 15.2 Å². The second kappa shape index (κ2) is 7.66. The van der Waals surface area contributed by atoms with Crippen LogP contribution in [0.4, 0.5) is 0 Å². The average Bonchev–Trinajstić information content (AvgIpc) is 2.70. The molecule has 0 unspecified atom stereocenters. The lowest BCUT2D eigenvalue weighted by atomic mass is 10.1. The van der Waals surface area contributed by atoms with E-state index in [2.05, 4.69) is 9.97 Å². The minimum Gasteiger partial charge on any atom is -0.493 e. The lowest BCUT2D eigenvalue weighted by molar-refractivity contribution is -0.123. The molecule has 134 valence electrons. The van der Waals surface area contributed by atoms with Gasteiger partial charge >= 0.3 is 0 Å². The van der Waals surface area contributed by atoms with Crippen LogP contribution in [0.1, 0.15) is 0 Å².